The van der Waals surface area contributed by atoms with Crippen molar-refractivity contribution in [3.05, 3.63) is 179 Å². The molecule has 10 rings (SSSR count). The summed E-state index contributed by atoms with van der Waals surface area (Å²) >= 11 is 0. The highest BCUT2D eigenvalue weighted by atomic mass is 19.1. The molecule has 0 aliphatic heterocycles. The van der Waals surface area contributed by atoms with Crippen molar-refractivity contribution in [2.24, 2.45) is 10.8 Å². The van der Waals surface area contributed by atoms with E-state index in [9.17, 15) is 37.5 Å². The summed E-state index contributed by atoms with van der Waals surface area (Å²) in [6.07, 6.45) is 5.78. The minimum absolute atomic E-state index is 0.0120. The number of methoxy groups -OCH3 is 2. The summed E-state index contributed by atoms with van der Waals surface area (Å²) in [5.41, 5.74) is 1.16. The number of hydrogen-bond donors (Lipinski definition) is 2. The molecular weight excluding hydrogens is 1160 g/mol. The zero-order valence-corrected chi connectivity index (χ0v) is 51.6. The van der Waals surface area contributed by atoms with Gasteiger partial charge in [0.1, 0.15) is 29.7 Å². The number of phenols is 1. The number of carbonyl (C=O) groups excluding carboxylic acids is 4. The fourth-order valence-corrected chi connectivity index (χ4v) is 10.5. The summed E-state index contributed by atoms with van der Waals surface area (Å²) < 4.78 is 85.0. The molecule has 474 valence electrons. The first-order valence-corrected chi connectivity index (χ1v) is 30.3. The minimum atomic E-state index is -1.06. The lowest BCUT2D eigenvalue weighted by molar-refractivity contribution is -0.135. The molecule has 2 heterocycles. The van der Waals surface area contributed by atoms with E-state index in [1.165, 1.54) is 80.0 Å². The van der Waals surface area contributed by atoms with Crippen molar-refractivity contribution in [3.63, 3.8) is 0 Å². The summed E-state index contributed by atoms with van der Waals surface area (Å²) in [7, 11) is 2.99. The third-order valence-corrected chi connectivity index (χ3v) is 16.4. The Morgan fingerprint density at radius 2 is 0.878 bits per heavy atom. The van der Waals surface area contributed by atoms with E-state index in [0.717, 1.165) is 45.7 Å². The van der Waals surface area contributed by atoms with Crippen molar-refractivity contribution in [2.75, 3.05) is 66.7 Å². The monoisotopic (exact) mass is 1240 g/mol. The third kappa shape index (κ3) is 16.9. The van der Waals surface area contributed by atoms with Crippen molar-refractivity contribution < 1.29 is 70.6 Å². The molecule has 0 atom stereocenters. The molecule has 90 heavy (non-hydrogen) atoms. The topological polar surface area (TPSA) is 187 Å². The number of aromatic nitrogens is 2. The van der Waals surface area contributed by atoms with E-state index in [1.807, 2.05) is 0 Å². The second-order valence-corrected chi connectivity index (χ2v) is 22.2. The number of ketones is 4. The first-order valence-electron chi connectivity index (χ1n) is 30.3. The fourth-order valence-electron chi connectivity index (χ4n) is 10.5. The number of aliphatic hydroxyl groups excluding tert-OH is 1. The van der Waals surface area contributed by atoms with Crippen LogP contribution in [0.3, 0.4) is 0 Å². The number of aromatic hydroxyl groups is 1. The summed E-state index contributed by atoms with van der Waals surface area (Å²) in [5, 5.41) is 19.7. The van der Waals surface area contributed by atoms with Crippen LogP contribution in [-0.2, 0) is 44.9 Å². The van der Waals surface area contributed by atoms with Gasteiger partial charge in [0.05, 0.1) is 36.1 Å². The van der Waals surface area contributed by atoms with Crippen molar-refractivity contribution in [3.8, 4) is 46.0 Å². The van der Waals surface area contributed by atoms with E-state index in [-0.39, 0.29) is 83.4 Å². The number of halogens is 4. The number of phenolic OH excluding ortho intramolecular Hbond substituents is 1. The van der Waals surface area contributed by atoms with Crippen molar-refractivity contribution in [1.29, 1.82) is 0 Å². The molecule has 15 nitrogen and oxygen atoms in total. The van der Waals surface area contributed by atoms with Crippen LogP contribution >= 0.6 is 0 Å². The molecule has 0 bridgehead atoms. The second-order valence-electron chi connectivity index (χ2n) is 22.2. The normalized spacial score (nSPS) is 13.4. The number of hydrogen-bond acceptors (Lipinski definition) is 15. The number of fused-ring (bicyclic) bond motifs is 2. The molecular formula is C71H76F4N4O11. The maximum Gasteiger partial charge on any atom is 0.166 e. The highest BCUT2D eigenvalue weighted by molar-refractivity contribution is 6.11. The average Bonchev–Trinajstić information content (AvgIpc) is 1.59. The number of Topliss-reactive ketones (excluding diaryl/α,β-unsaturated/α-hetero) is 4. The number of aliphatic hydroxyl groups is 1. The van der Waals surface area contributed by atoms with Crippen molar-refractivity contribution >= 4 is 44.9 Å². The van der Waals surface area contributed by atoms with Gasteiger partial charge in [-0.15, -0.1) is 0 Å². The van der Waals surface area contributed by atoms with Gasteiger partial charge in [-0.25, -0.2) is 17.6 Å². The number of ether oxygens (including phenoxy) is 5. The number of pyridine rings is 2. The predicted octanol–water partition coefficient (Wildman–Crippen LogP) is 13.2. The van der Waals surface area contributed by atoms with Crippen LogP contribution in [0.15, 0.2) is 134 Å². The zero-order valence-electron chi connectivity index (χ0n) is 51.6. The van der Waals surface area contributed by atoms with E-state index in [2.05, 4.69) is 47.5 Å². The molecule has 0 spiro atoms. The van der Waals surface area contributed by atoms with Crippen LogP contribution in [0.2, 0.25) is 0 Å². The summed E-state index contributed by atoms with van der Waals surface area (Å²) in [6, 6.07) is 29.6. The maximum absolute atomic E-state index is 15.3. The molecule has 2 fully saturated rings. The van der Waals surface area contributed by atoms with Gasteiger partial charge in [-0.3, -0.25) is 29.1 Å². The number of benzene rings is 6. The van der Waals surface area contributed by atoms with Crippen LogP contribution in [0.5, 0.6) is 46.0 Å². The van der Waals surface area contributed by atoms with Gasteiger partial charge in [0.2, 0.25) is 0 Å². The lowest BCUT2D eigenvalue weighted by Crippen LogP contribution is -2.28. The van der Waals surface area contributed by atoms with Gasteiger partial charge in [0, 0.05) is 80.7 Å². The molecule has 19 heteroatoms. The first-order chi connectivity index (χ1) is 43.4. The molecule has 0 amide bonds. The minimum Gasteiger partial charge on any atom is -0.504 e. The van der Waals surface area contributed by atoms with E-state index in [4.69, 9.17) is 28.8 Å². The van der Waals surface area contributed by atoms with Crippen molar-refractivity contribution in [1.82, 2.24) is 19.8 Å². The molecule has 2 aromatic heterocycles. The molecule has 8 aromatic rings. The highest BCUT2D eigenvalue weighted by Crippen LogP contribution is 2.50. The summed E-state index contributed by atoms with van der Waals surface area (Å²) in [4.78, 5) is 65.3. The molecule has 2 saturated carbocycles. The van der Waals surface area contributed by atoms with E-state index >= 15 is 4.39 Å². The standard InChI is InChI=1S/C35H36F2N2O5.C29H23F2NO5.C7H17NO/c1-4-39(5-2)16-17-43-32-21-26-28(22-31(32)42-3)38-15-12-29(26)44-30-11-8-24(18-27(30)37)20-34(41)35(13-14-35)33(40)19-23-6-9-25(36)10-7-23;1-36-26-16-22-20(15-23(26)33)24(8-11-32-22)37-25-7-4-18(12-21(25)31)14-28(35)29(9-10-29)27(34)13-17-2-5-19(30)6-3-17;1-3-8(4-2)6-5-7-9/h6-12,15,18,21-22H,4-5,13-14,16-17,19-20H2,1-3H3;2-8,11-12,15-16,33H,9-10,13-14H2,1H3;9H,3-7H2,1-2H3. The average molecular weight is 1240 g/mol. The lowest BCUT2D eigenvalue weighted by atomic mass is 9.88. The number of rotatable bonds is 29. The van der Waals surface area contributed by atoms with Gasteiger partial charge in [-0.1, -0.05) is 64.1 Å². The summed E-state index contributed by atoms with van der Waals surface area (Å²) in [6.45, 7) is 15.1. The maximum atomic E-state index is 15.3. The largest absolute Gasteiger partial charge is 0.504 e. The SMILES string of the molecule is CCN(CC)CCCO.CCN(CC)CCOc1cc2c(Oc3ccc(CC(=O)C4(C(=O)Cc5ccc(F)cc5)CC4)cc3F)ccnc2cc1OC.COc1cc2nccc(Oc3ccc(CC(=O)C4(C(=O)Cc5ccc(F)cc5)CC4)cc3F)c2cc1O. The highest BCUT2D eigenvalue weighted by Gasteiger charge is 2.55. The molecule has 2 aliphatic rings. The molecule has 0 unspecified atom stereocenters. The van der Waals surface area contributed by atoms with E-state index in [0.29, 0.717) is 100 Å². The van der Waals surface area contributed by atoms with Crippen LogP contribution in [-0.4, -0.2) is 120 Å². The molecule has 2 N–H and O–H groups in total. The number of likely N-dealkylation sites (N-methyl/N-ethyl adjacent to an activating group) is 1. The molecule has 6 aromatic carbocycles. The number of carbonyl (C=O) groups is 4. The first kappa shape index (κ1) is 67.2. The fraction of sp³-hybridized carbons (Fsp3) is 0.352. The second kappa shape index (κ2) is 31.1. The Hall–Kier alpha value is -8.78. The zero-order chi connectivity index (χ0) is 64.5. The van der Waals surface area contributed by atoms with Crippen LogP contribution in [0, 0.1) is 34.1 Å². The smallest absolute Gasteiger partial charge is 0.166 e. The Bertz CT molecular complexity index is 3790. The van der Waals surface area contributed by atoms with Crippen LogP contribution in [0.4, 0.5) is 17.6 Å². The Morgan fingerprint density at radius 3 is 1.28 bits per heavy atom. The quantitative estimate of drug-likeness (QED) is 0.0333. The van der Waals surface area contributed by atoms with Gasteiger partial charge in [-0.2, -0.15) is 0 Å². The molecule has 0 saturated heterocycles. The van der Waals surface area contributed by atoms with Gasteiger partial charge < -0.3 is 43.7 Å². The van der Waals surface area contributed by atoms with Crippen molar-refractivity contribution in [2.45, 2.75) is 85.5 Å². The lowest BCUT2D eigenvalue weighted by Gasteiger charge is -2.19. The summed E-state index contributed by atoms with van der Waals surface area (Å²) in [5.74, 6) is -1.15. The van der Waals surface area contributed by atoms with Gasteiger partial charge in [0.25, 0.3) is 0 Å². The van der Waals surface area contributed by atoms with E-state index < -0.39 is 28.3 Å². The van der Waals surface area contributed by atoms with Crippen LogP contribution in [0.25, 0.3) is 21.8 Å². The molecule has 2 aliphatic carbocycles. The van der Waals surface area contributed by atoms with Gasteiger partial charge >= 0.3 is 0 Å². The van der Waals surface area contributed by atoms with Crippen LogP contribution in [0.1, 0.15) is 82.1 Å². The Kier molecular flexibility index (Phi) is 23.2. The van der Waals surface area contributed by atoms with E-state index in [1.54, 1.807) is 67.9 Å². The Labute approximate surface area is 521 Å². The predicted molar refractivity (Wildman–Crippen MR) is 335 cm³/mol. The third-order valence-electron chi connectivity index (χ3n) is 16.4. The van der Waals surface area contributed by atoms with Gasteiger partial charge in [-0.05, 0) is 153 Å². The Balaban J connectivity index is 0.000000206. The number of nitrogens with zero attached hydrogens (tertiary/aromatic N) is 4. The van der Waals surface area contributed by atoms with Crippen LogP contribution < -0.4 is 23.7 Å². The Morgan fingerprint density at radius 1 is 0.478 bits per heavy atom. The van der Waals surface area contributed by atoms with Gasteiger partial charge in [0.15, 0.2) is 69.3 Å². The molecule has 0 radical (unpaired) electrons.